The van der Waals surface area contributed by atoms with Crippen molar-refractivity contribution in [1.29, 1.82) is 0 Å². The van der Waals surface area contributed by atoms with E-state index in [9.17, 15) is 14.2 Å². The molecule has 0 aromatic rings. The number of carbonyl (C=O) groups is 2. The number of Topliss-reactive ketones (excluding diaryl/α,β-unsaturated/α-hetero) is 1. The Hall–Kier alpha value is -0.870. The molecule has 0 aromatic heterocycles. The fourth-order valence-corrected chi connectivity index (χ4v) is 2.24. The van der Waals surface area contributed by atoms with Gasteiger partial charge in [-0.3, -0.25) is 9.32 Å². The van der Waals surface area contributed by atoms with E-state index in [1.54, 1.807) is 0 Å². The quantitative estimate of drug-likeness (QED) is 0.244. The molecule has 1 aliphatic heterocycles. The summed E-state index contributed by atoms with van der Waals surface area (Å²) in [4.78, 5) is 41.5. The molecule has 1 heterocycles. The van der Waals surface area contributed by atoms with Crippen LogP contribution in [0.15, 0.2) is 0 Å². The molecular formula is C12H24NO9P. The van der Waals surface area contributed by atoms with Gasteiger partial charge in [-0.1, -0.05) is 20.8 Å². The first-order valence-corrected chi connectivity index (χ1v) is 8.63. The Morgan fingerprint density at radius 3 is 2.00 bits per heavy atom. The molecular weight excluding hydrogens is 333 g/mol. The van der Waals surface area contributed by atoms with Crippen LogP contribution in [0.3, 0.4) is 0 Å². The van der Waals surface area contributed by atoms with E-state index < -0.39 is 44.5 Å². The summed E-state index contributed by atoms with van der Waals surface area (Å²) in [5, 5.41) is 17.6. The number of aliphatic hydroxyl groups excluding tert-OH is 2. The average molecular weight is 357 g/mol. The summed E-state index contributed by atoms with van der Waals surface area (Å²) in [6.07, 6.45) is -5.40. The van der Waals surface area contributed by atoms with E-state index in [2.05, 4.69) is 34.9 Å². The smallest absolute Gasteiger partial charge is 0.449 e. The van der Waals surface area contributed by atoms with Crippen LogP contribution in [0.4, 0.5) is 0 Å². The predicted octanol–water partition coefficient (Wildman–Crippen LogP) is -1.34. The normalized spacial score (nSPS) is 22.6. The van der Waals surface area contributed by atoms with Gasteiger partial charge in [0.05, 0.1) is 6.61 Å². The minimum Gasteiger partial charge on any atom is -0.449 e. The Bertz CT molecular complexity index is 429. The second-order valence-corrected chi connectivity index (χ2v) is 5.80. The van der Waals surface area contributed by atoms with Gasteiger partial charge >= 0.3 is 13.8 Å². The number of ketones is 1. The van der Waals surface area contributed by atoms with E-state index in [1.807, 2.05) is 0 Å². The number of phosphoric acid groups is 1. The molecule has 136 valence electrons. The van der Waals surface area contributed by atoms with E-state index >= 15 is 0 Å². The highest BCUT2D eigenvalue weighted by Gasteiger charge is 2.50. The van der Waals surface area contributed by atoms with E-state index in [0.29, 0.717) is 0 Å². The minimum absolute atomic E-state index is 0.841. The molecule has 0 radical (unpaired) electrons. The van der Waals surface area contributed by atoms with Gasteiger partial charge in [-0.15, -0.1) is 0 Å². The largest absolute Gasteiger partial charge is 0.470 e. The number of nitrogens with zero attached hydrogens (tertiary/aromatic N) is 1. The number of ether oxygens (including phenoxy) is 1. The highest BCUT2D eigenvalue weighted by Crippen LogP contribution is 2.39. The lowest BCUT2D eigenvalue weighted by atomic mass is 10.1. The summed E-state index contributed by atoms with van der Waals surface area (Å²) in [7, 11) is -5.02. The highest BCUT2D eigenvalue weighted by atomic mass is 31.2. The van der Waals surface area contributed by atoms with Gasteiger partial charge in [-0.25, -0.2) is 9.36 Å². The van der Waals surface area contributed by atoms with Crippen LogP contribution in [-0.4, -0.2) is 81.2 Å². The molecule has 11 heteroatoms. The lowest BCUT2D eigenvalue weighted by Crippen LogP contribution is -2.37. The third-order valence-electron chi connectivity index (χ3n) is 3.12. The molecule has 1 saturated heterocycles. The van der Waals surface area contributed by atoms with E-state index in [1.165, 1.54) is 19.6 Å². The zero-order valence-corrected chi connectivity index (χ0v) is 14.2. The van der Waals surface area contributed by atoms with Gasteiger partial charge < -0.3 is 29.6 Å². The third-order valence-corrected chi connectivity index (χ3v) is 3.60. The summed E-state index contributed by atoms with van der Waals surface area (Å²) >= 11 is 0. The predicted molar refractivity (Wildman–Crippen MR) is 78.4 cm³/mol. The minimum atomic E-state index is -5.02. The standard InChI is InChI=1S/C6H15N.C6H9O9P/c1-4-7(5-2)6-3;7-1-2(8)4-3(9)5(6(10)14-4)15-16(11,12)13/h4-6H2,1-3H3;2,4-5,7-8H,1H2,(H2,11,12,13)/t;2-,4-,5?/m.1/s1. The van der Waals surface area contributed by atoms with Gasteiger partial charge in [0.15, 0.2) is 6.10 Å². The van der Waals surface area contributed by atoms with Gasteiger partial charge in [-0.2, -0.15) is 0 Å². The zero-order chi connectivity index (χ0) is 18.2. The number of hydrogen-bond donors (Lipinski definition) is 4. The van der Waals surface area contributed by atoms with Crippen molar-refractivity contribution in [2.45, 2.75) is 39.1 Å². The first-order valence-electron chi connectivity index (χ1n) is 7.10. The van der Waals surface area contributed by atoms with Crippen molar-refractivity contribution < 1.29 is 43.4 Å². The van der Waals surface area contributed by atoms with Crippen molar-refractivity contribution in [3.63, 3.8) is 0 Å². The van der Waals surface area contributed by atoms with E-state index in [0.717, 1.165) is 0 Å². The van der Waals surface area contributed by atoms with Crippen LogP contribution < -0.4 is 0 Å². The number of hydrogen-bond acceptors (Lipinski definition) is 8. The first kappa shape index (κ1) is 22.1. The van der Waals surface area contributed by atoms with Gasteiger partial charge in [0, 0.05) is 0 Å². The van der Waals surface area contributed by atoms with Crippen molar-refractivity contribution in [3.8, 4) is 0 Å². The van der Waals surface area contributed by atoms with Gasteiger partial charge in [0.25, 0.3) is 0 Å². The van der Waals surface area contributed by atoms with Crippen LogP contribution in [0, 0.1) is 0 Å². The fourth-order valence-electron chi connectivity index (χ4n) is 1.78. The SMILES string of the molecule is CCN(CC)CC.O=C1O[C@H]([C@H](O)CO)C(=O)C1OP(=O)(O)O. The monoisotopic (exact) mass is 357 g/mol. The van der Waals surface area contributed by atoms with E-state index in [-0.39, 0.29) is 0 Å². The average Bonchev–Trinajstić information content (AvgIpc) is 2.75. The zero-order valence-electron chi connectivity index (χ0n) is 13.3. The van der Waals surface area contributed by atoms with Crippen LogP contribution in [0.5, 0.6) is 0 Å². The molecule has 4 N–H and O–H groups in total. The Labute approximate surface area is 134 Å². The summed E-state index contributed by atoms with van der Waals surface area (Å²) in [5.41, 5.74) is 0. The number of rotatable bonds is 7. The van der Waals surface area contributed by atoms with Crippen LogP contribution >= 0.6 is 7.82 Å². The molecule has 1 fully saturated rings. The van der Waals surface area contributed by atoms with E-state index in [4.69, 9.17) is 20.0 Å². The van der Waals surface area contributed by atoms with Crippen LogP contribution in [0.1, 0.15) is 20.8 Å². The fraction of sp³-hybridized carbons (Fsp3) is 0.833. The Morgan fingerprint density at radius 2 is 1.70 bits per heavy atom. The molecule has 0 bridgehead atoms. The maximum Gasteiger partial charge on any atom is 0.470 e. The number of phosphoric ester groups is 1. The van der Waals surface area contributed by atoms with Crippen LogP contribution in [-0.2, 0) is 23.4 Å². The molecule has 0 spiro atoms. The Balaban J connectivity index is 0.000000585. The number of aliphatic hydroxyl groups is 2. The molecule has 0 saturated carbocycles. The van der Waals surface area contributed by atoms with Gasteiger partial charge in [0.1, 0.15) is 6.10 Å². The number of cyclic esters (lactones) is 1. The summed E-state index contributed by atoms with van der Waals surface area (Å²) in [5.74, 6) is -2.46. The molecule has 0 aromatic carbocycles. The first-order chi connectivity index (χ1) is 10.6. The topological polar surface area (TPSA) is 154 Å². The molecule has 1 rings (SSSR count). The number of esters is 1. The van der Waals surface area contributed by atoms with Crippen molar-refractivity contribution >= 4 is 19.6 Å². The maximum absolute atomic E-state index is 11.3. The third kappa shape index (κ3) is 7.49. The lowest BCUT2D eigenvalue weighted by molar-refractivity contribution is -0.151. The molecule has 0 amide bonds. The maximum atomic E-state index is 11.3. The van der Waals surface area contributed by atoms with Crippen LogP contribution in [0.2, 0.25) is 0 Å². The number of carbonyl (C=O) groups excluding carboxylic acids is 2. The lowest BCUT2D eigenvalue weighted by Gasteiger charge is -2.13. The molecule has 3 atom stereocenters. The summed E-state index contributed by atoms with van der Waals surface area (Å²) in [6.45, 7) is 9.28. The van der Waals surface area contributed by atoms with Gasteiger partial charge in [0.2, 0.25) is 11.9 Å². The molecule has 23 heavy (non-hydrogen) atoms. The second-order valence-electron chi connectivity index (χ2n) is 4.61. The van der Waals surface area contributed by atoms with Gasteiger partial charge in [-0.05, 0) is 19.6 Å². The molecule has 1 aliphatic rings. The molecule has 0 aliphatic carbocycles. The van der Waals surface area contributed by atoms with Crippen molar-refractivity contribution in [1.82, 2.24) is 4.90 Å². The van der Waals surface area contributed by atoms with Crippen molar-refractivity contribution in [3.05, 3.63) is 0 Å². The highest BCUT2D eigenvalue weighted by molar-refractivity contribution is 7.46. The Morgan fingerprint density at radius 1 is 1.22 bits per heavy atom. The summed E-state index contributed by atoms with van der Waals surface area (Å²) in [6, 6.07) is 0. The van der Waals surface area contributed by atoms with Crippen LogP contribution in [0.25, 0.3) is 0 Å². The molecule has 1 unspecified atom stereocenters. The second kappa shape index (κ2) is 10.1. The Kier molecular flexibility index (Phi) is 9.71. The molecule has 10 nitrogen and oxygen atoms in total. The summed E-state index contributed by atoms with van der Waals surface area (Å²) < 4.78 is 18.6. The van der Waals surface area contributed by atoms with Crippen molar-refractivity contribution in [2.24, 2.45) is 0 Å². The van der Waals surface area contributed by atoms with Crippen molar-refractivity contribution in [2.75, 3.05) is 26.2 Å².